The largest absolute Gasteiger partial charge is 0.348 e. The number of nitrogens with one attached hydrogen (secondary N) is 1. The molecule has 0 spiro atoms. The molecule has 21 heavy (non-hydrogen) atoms. The van der Waals surface area contributed by atoms with Gasteiger partial charge in [0.25, 0.3) is 5.91 Å². The van der Waals surface area contributed by atoms with Crippen molar-refractivity contribution in [3.63, 3.8) is 0 Å². The smallest absolute Gasteiger partial charge is 0.270 e. The number of nitrogens with zero attached hydrogens (tertiary/aromatic N) is 2. The van der Waals surface area contributed by atoms with Crippen LogP contribution in [0.4, 0.5) is 0 Å². The van der Waals surface area contributed by atoms with Gasteiger partial charge in [0.1, 0.15) is 5.69 Å². The van der Waals surface area contributed by atoms with E-state index in [4.69, 9.17) is 11.6 Å². The molecule has 0 radical (unpaired) electrons. The molecule has 2 heterocycles. The molecule has 1 saturated heterocycles. The standard InChI is InChI=1S/C15H20ClN3O2/c1-10(2)15(21)19-7-4-12(5-8-19)18-14(20)13-9-11(16)3-6-17-13/h3,6,9-10,12H,4-5,7-8H2,1-2H3,(H,18,20). The van der Waals surface area contributed by atoms with Crippen molar-refractivity contribution in [2.45, 2.75) is 32.7 Å². The molecule has 2 amide bonds. The molecule has 5 nitrogen and oxygen atoms in total. The number of hydrogen-bond donors (Lipinski definition) is 1. The van der Waals surface area contributed by atoms with E-state index in [-0.39, 0.29) is 23.8 Å². The molecular weight excluding hydrogens is 290 g/mol. The zero-order chi connectivity index (χ0) is 15.4. The third-order valence-electron chi connectivity index (χ3n) is 3.59. The lowest BCUT2D eigenvalue weighted by atomic mass is 10.0. The van der Waals surface area contributed by atoms with Crippen LogP contribution in [0.15, 0.2) is 18.3 Å². The van der Waals surface area contributed by atoms with Crippen LogP contribution in [0.25, 0.3) is 0 Å². The second-order valence-electron chi connectivity index (χ2n) is 5.59. The van der Waals surface area contributed by atoms with Crippen molar-refractivity contribution in [2.75, 3.05) is 13.1 Å². The Bertz CT molecular complexity index is 525. The van der Waals surface area contributed by atoms with E-state index in [2.05, 4.69) is 10.3 Å². The molecule has 1 aromatic heterocycles. The lowest BCUT2D eigenvalue weighted by Gasteiger charge is -2.33. The fourth-order valence-corrected chi connectivity index (χ4v) is 2.56. The van der Waals surface area contributed by atoms with Crippen LogP contribution in [0.5, 0.6) is 0 Å². The molecule has 0 unspecified atom stereocenters. The molecule has 0 aromatic carbocycles. The number of hydrogen-bond acceptors (Lipinski definition) is 3. The van der Waals surface area contributed by atoms with Crippen molar-refractivity contribution < 1.29 is 9.59 Å². The molecule has 1 fully saturated rings. The second-order valence-corrected chi connectivity index (χ2v) is 6.02. The minimum absolute atomic E-state index is 0.0202. The van der Waals surface area contributed by atoms with Crippen LogP contribution in [0.2, 0.25) is 5.02 Å². The van der Waals surface area contributed by atoms with Gasteiger partial charge in [-0.15, -0.1) is 0 Å². The van der Waals surface area contributed by atoms with Crippen molar-refractivity contribution in [3.05, 3.63) is 29.0 Å². The van der Waals surface area contributed by atoms with Crippen LogP contribution in [-0.2, 0) is 4.79 Å². The first kappa shape index (κ1) is 15.8. The van der Waals surface area contributed by atoms with E-state index in [1.54, 1.807) is 12.1 Å². The molecular formula is C15H20ClN3O2. The predicted octanol–water partition coefficient (Wildman–Crippen LogP) is 2.11. The number of piperidine rings is 1. The van der Waals surface area contributed by atoms with E-state index in [0.717, 1.165) is 12.8 Å². The molecule has 1 aromatic rings. The van der Waals surface area contributed by atoms with Crippen molar-refractivity contribution in [3.8, 4) is 0 Å². The molecule has 1 N–H and O–H groups in total. The Labute approximate surface area is 129 Å². The van der Waals surface area contributed by atoms with Gasteiger partial charge in [0.05, 0.1) is 0 Å². The number of rotatable bonds is 3. The summed E-state index contributed by atoms with van der Waals surface area (Å²) in [5.74, 6) is -0.0192. The van der Waals surface area contributed by atoms with Gasteiger partial charge in [0.15, 0.2) is 0 Å². The molecule has 0 saturated carbocycles. The second kappa shape index (κ2) is 6.89. The van der Waals surface area contributed by atoms with E-state index < -0.39 is 0 Å². The van der Waals surface area contributed by atoms with Crippen LogP contribution in [0.1, 0.15) is 37.2 Å². The summed E-state index contributed by atoms with van der Waals surface area (Å²) < 4.78 is 0. The summed E-state index contributed by atoms with van der Waals surface area (Å²) in [6, 6.07) is 3.26. The van der Waals surface area contributed by atoms with E-state index in [9.17, 15) is 9.59 Å². The summed E-state index contributed by atoms with van der Waals surface area (Å²) in [7, 11) is 0. The molecule has 0 bridgehead atoms. The SMILES string of the molecule is CC(C)C(=O)N1CCC(NC(=O)c2cc(Cl)ccn2)CC1. The first-order valence-electron chi connectivity index (χ1n) is 7.18. The van der Waals surface area contributed by atoms with Crippen molar-refractivity contribution in [1.82, 2.24) is 15.2 Å². The zero-order valence-electron chi connectivity index (χ0n) is 12.3. The Hall–Kier alpha value is -1.62. The highest BCUT2D eigenvalue weighted by Gasteiger charge is 2.25. The Morgan fingerprint density at radius 1 is 1.38 bits per heavy atom. The lowest BCUT2D eigenvalue weighted by molar-refractivity contribution is -0.135. The average Bonchev–Trinajstić information content (AvgIpc) is 2.47. The van der Waals surface area contributed by atoms with Crippen LogP contribution < -0.4 is 5.32 Å². The van der Waals surface area contributed by atoms with Crippen molar-refractivity contribution in [1.29, 1.82) is 0 Å². The minimum Gasteiger partial charge on any atom is -0.348 e. The molecule has 1 aliphatic heterocycles. The number of amides is 2. The Morgan fingerprint density at radius 3 is 2.62 bits per heavy atom. The predicted molar refractivity (Wildman–Crippen MR) is 81.2 cm³/mol. The van der Waals surface area contributed by atoms with Gasteiger partial charge >= 0.3 is 0 Å². The molecule has 6 heteroatoms. The van der Waals surface area contributed by atoms with Crippen LogP contribution in [-0.4, -0.2) is 40.8 Å². The number of pyridine rings is 1. The van der Waals surface area contributed by atoms with Crippen LogP contribution in [0, 0.1) is 5.92 Å². The van der Waals surface area contributed by atoms with Gasteiger partial charge in [-0.1, -0.05) is 25.4 Å². The fourth-order valence-electron chi connectivity index (χ4n) is 2.40. The van der Waals surface area contributed by atoms with Crippen molar-refractivity contribution in [2.24, 2.45) is 5.92 Å². The number of carbonyl (C=O) groups excluding carboxylic acids is 2. The summed E-state index contributed by atoms with van der Waals surface area (Å²) >= 11 is 5.85. The highest BCUT2D eigenvalue weighted by Crippen LogP contribution is 2.14. The normalized spacial score (nSPS) is 16.1. The van der Waals surface area contributed by atoms with E-state index in [1.165, 1.54) is 6.20 Å². The van der Waals surface area contributed by atoms with Gasteiger partial charge in [-0.25, -0.2) is 0 Å². The van der Waals surface area contributed by atoms with E-state index in [1.807, 2.05) is 18.7 Å². The maximum absolute atomic E-state index is 12.1. The van der Waals surface area contributed by atoms with Gasteiger partial charge in [-0.05, 0) is 25.0 Å². The molecule has 0 atom stereocenters. The summed E-state index contributed by atoms with van der Waals surface area (Å²) in [5.41, 5.74) is 0.322. The van der Waals surface area contributed by atoms with Gasteiger partial charge in [0, 0.05) is 36.3 Å². The van der Waals surface area contributed by atoms with Gasteiger partial charge in [0.2, 0.25) is 5.91 Å². The van der Waals surface area contributed by atoms with Crippen LogP contribution >= 0.6 is 11.6 Å². The fraction of sp³-hybridized carbons (Fsp3) is 0.533. The average molecular weight is 310 g/mol. The maximum atomic E-state index is 12.1. The Kier molecular flexibility index (Phi) is 5.17. The molecule has 114 valence electrons. The highest BCUT2D eigenvalue weighted by atomic mass is 35.5. The van der Waals surface area contributed by atoms with E-state index in [0.29, 0.717) is 23.8 Å². The van der Waals surface area contributed by atoms with E-state index >= 15 is 0 Å². The van der Waals surface area contributed by atoms with Gasteiger partial charge in [-0.2, -0.15) is 0 Å². The Balaban J connectivity index is 1.86. The third kappa shape index (κ3) is 4.17. The number of halogens is 1. The van der Waals surface area contributed by atoms with Gasteiger partial charge < -0.3 is 10.2 Å². The molecule has 1 aliphatic rings. The summed E-state index contributed by atoms with van der Waals surface area (Å²) in [6.07, 6.45) is 3.05. The summed E-state index contributed by atoms with van der Waals surface area (Å²) in [6.45, 7) is 5.18. The first-order valence-corrected chi connectivity index (χ1v) is 7.56. The maximum Gasteiger partial charge on any atom is 0.270 e. The molecule has 2 rings (SSSR count). The minimum atomic E-state index is -0.217. The van der Waals surface area contributed by atoms with Gasteiger partial charge in [-0.3, -0.25) is 14.6 Å². The molecule has 0 aliphatic carbocycles. The number of likely N-dealkylation sites (tertiary alicyclic amines) is 1. The monoisotopic (exact) mass is 309 g/mol. The summed E-state index contributed by atoms with van der Waals surface area (Å²) in [5, 5.41) is 3.45. The third-order valence-corrected chi connectivity index (χ3v) is 3.83. The zero-order valence-corrected chi connectivity index (χ0v) is 13.1. The first-order chi connectivity index (χ1) is 9.97. The van der Waals surface area contributed by atoms with Crippen LogP contribution in [0.3, 0.4) is 0 Å². The number of aromatic nitrogens is 1. The summed E-state index contributed by atoms with van der Waals surface area (Å²) in [4.78, 5) is 29.9. The topological polar surface area (TPSA) is 62.3 Å². The quantitative estimate of drug-likeness (QED) is 0.930. The Morgan fingerprint density at radius 2 is 2.05 bits per heavy atom. The lowest BCUT2D eigenvalue weighted by Crippen LogP contribution is -2.47. The highest BCUT2D eigenvalue weighted by molar-refractivity contribution is 6.30. The van der Waals surface area contributed by atoms with Crippen molar-refractivity contribution >= 4 is 23.4 Å². The number of carbonyl (C=O) groups is 2.